The van der Waals surface area contributed by atoms with Gasteiger partial charge in [0.25, 0.3) is 0 Å². The van der Waals surface area contributed by atoms with Crippen LogP contribution in [0.15, 0.2) is 66.7 Å². The molecule has 20 heavy (non-hydrogen) atoms. The Balaban J connectivity index is 1.63. The van der Waals surface area contributed by atoms with E-state index in [2.05, 4.69) is 47.8 Å². The smallest absolute Gasteiger partial charge is 0.115 e. The third kappa shape index (κ3) is 2.91. The Morgan fingerprint density at radius 3 is 2.35 bits per heavy atom. The maximum Gasteiger partial charge on any atom is 0.115 e. The highest BCUT2D eigenvalue weighted by molar-refractivity contribution is 5.85. The molecule has 0 saturated carbocycles. The summed E-state index contributed by atoms with van der Waals surface area (Å²) in [5.74, 6) is 0.316. The Hall–Kier alpha value is -2.48. The number of phenols is 1. The summed E-state index contributed by atoms with van der Waals surface area (Å²) in [5.41, 5.74) is 2.36. The van der Waals surface area contributed by atoms with Crippen molar-refractivity contribution in [3.63, 3.8) is 0 Å². The summed E-state index contributed by atoms with van der Waals surface area (Å²) in [5, 5.41) is 15.2. The number of anilines is 1. The summed E-state index contributed by atoms with van der Waals surface area (Å²) in [4.78, 5) is 0. The summed E-state index contributed by atoms with van der Waals surface area (Å²) in [7, 11) is 0. The second kappa shape index (κ2) is 5.66. The van der Waals surface area contributed by atoms with Gasteiger partial charge in [-0.05, 0) is 47.0 Å². The van der Waals surface area contributed by atoms with Crippen LogP contribution < -0.4 is 5.32 Å². The van der Waals surface area contributed by atoms with Gasteiger partial charge in [-0.25, -0.2) is 0 Å². The summed E-state index contributed by atoms with van der Waals surface area (Å²) < 4.78 is 0. The van der Waals surface area contributed by atoms with Crippen molar-refractivity contribution in [2.45, 2.75) is 6.42 Å². The first kappa shape index (κ1) is 12.5. The predicted octanol–water partition coefficient (Wildman–Crippen LogP) is 4.20. The van der Waals surface area contributed by atoms with Gasteiger partial charge in [0.05, 0.1) is 0 Å². The van der Waals surface area contributed by atoms with Crippen LogP contribution in [0.3, 0.4) is 0 Å². The van der Waals surface area contributed by atoms with Gasteiger partial charge in [-0.3, -0.25) is 0 Å². The van der Waals surface area contributed by atoms with Gasteiger partial charge in [-0.1, -0.05) is 42.5 Å². The highest BCUT2D eigenvalue weighted by Crippen LogP contribution is 2.19. The Morgan fingerprint density at radius 2 is 1.55 bits per heavy atom. The van der Waals surface area contributed by atoms with Gasteiger partial charge in [0, 0.05) is 12.2 Å². The van der Waals surface area contributed by atoms with Crippen LogP contribution in [0.4, 0.5) is 5.69 Å². The van der Waals surface area contributed by atoms with Crippen LogP contribution in [0, 0.1) is 0 Å². The van der Waals surface area contributed by atoms with E-state index in [1.807, 2.05) is 12.1 Å². The van der Waals surface area contributed by atoms with Crippen LogP contribution in [0.5, 0.6) is 5.75 Å². The molecule has 0 aliphatic carbocycles. The molecule has 0 saturated heterocycles. The lowest BCUT2D eigenvalue weighted by Crippen LogP contribution is -2.04. The van der Waals surface area contributed by atoms with Gasteiger partial charge in [0.1, 0.15) is 5.75 Å². The first-order chi connectivity index (χ1) is 9.81. The molecule has 0 aromatic heterocycles. The summed E-state index contributed by atoms with van der Waals surface area (Å²) in [6.45, 7) is 0.878. The molecule has 3 aromatic rings. The highest BCUT2D eigenvalue weighted by atomic mass is 16.3. The molecule has 2 nitrogen and oxygen atoms in total. The number of nitrogens with one attached hydrogen (secondary N) is 1. The average molecular weight is 263 g/mol. The van der Waals surface area contributed by atoms with Crippen molar-refractivity contribution in [1.82, 2.24) is 0 Å². The number of benzene rings is 3. The van der Waals surface area contributed by atoms with Gasteiger partial charge in [0.2, 0.25) is 0 Å². The molecule has 2 heteroatoms. The summed E-state index contributed by atoms with van der Waals surface area (Å²) in [6, 6.07) is 22.1. The van der Waals surface area contributed by atoms with Crippen LogP contribution in [0.2, 0.25) is 0 Å². The largest absolute Gasteiger partial charge is 0.508 e. The molecule has 0 heterocycles. The van der Waals surface area contributed by atoms with E-state index in [0.717, 1.165) is 18.7 Å². The van der Waals surface area contributed by atoms with Crippen LogP contribution in [-0.2, 0) is 6.42 Å². The van der Waals surface area contributed by atoms with Crippen LogP contribution in [0.25, 0.3) is 10.8 Å². The molecule has 0 bridgehead atoms. The first-order valence-corrected chi connectivity index (χ1v) is 6.82. The number of phenolic OH excluding ortho intramolecular Hbond substituents is 1. The number of hydrogen-bond donors (Lipinski definition) is 2. The molecule has 0 radical (unpaired) electrons. The van der Waals surface area contributed by atoms with Crippen molar-refractivity contribution in [2.75, 3.05) is 11.9 Å². The maximum atomic E-state index is 9.25. The van der Waals surface area contributed by atoms with E-state index in [-0.39, 0.29) is 0 Å². The third-order valence-corrected chi connectivity index (χ3v) is 3.43. The van der Waals surface area contributed by atoms with Gasteiger partial charge in [-0.2, -0.15) is 0 Å². The fourth-order valence-corrected chi connectivity index (χ4v) is 2.31. The normalized spacial score (nSPS) is 10.6. The molecule has 0 aliphatic rings. The zero-order valence-corrected chi connectivity index (χ0v) is 11.2. The van der Waals surface area contributed by atoms with E-state index in [1.165, 1.54) is 16.3 Å². The lowest BCUT2D eigenvalue weighted by atomic mass is 10.1. The van der Waals surface area contributed by atoms with Crippen LogP contribution in [-0.4, -0.2) is 11.7 Å². The SMILES string of the molecule is Oc1ccc(CCNc2ccc3ccccc3c2)cc1. The van der Waals surface area contributed by atoms with Crippen molar-refractivity contribution in [3.8, 4) is 5.75 Å². The van der Waals surface area contributed by atoms with Gasteiger partial charge < -0.3 is 10.4 Å². The monoisotopic (exact) mass is 263 g/mol. The van der Waals surface area contributed by atoms with E-state index >= 15 is 0 Å². The molecular weight excluding hydrogens is 246 g/mol. The molecule has 0 unspecified atom stereocenters. The molecule has 3 aromatic carbocycles. The number of fused-ring (bicyclic) bond motifs is 1. The van der Waals surface area contributed by atoms with E-state index in [9.17, 15) is 5.11 Å². The fraction of sp³-hybridized carbons (Fsp3) is 0.111. The van der Waals surface area contributed by atoms with Crippen molar-refractivity contribution in [2.24, 2.45) is 0 Å². The first-order valence-electron chi connectivity index (χ1n) is 6.82. The Morgan fingerprint density at radius 1 is 0.800 bits per heavy atom. The lowest BCUT2D eigenvalue weighted by Gasteiger charge is -2.08. The summed E-state index contributed by atoms with van der Waals surface area (Å²) >= 11 is 0. The van der Waals surface area contributed by atoms with E-state index in [0.29, 0.717) is 5.75 Å². The lowest BCUT2D eigenvalue weighted by molar-refractivity contribution is 0.475. The number of rotatable bonds is 4. The Kier molecular flexibility index (Phi) is 3.55. The highest BCUT2D eigenvalue weighted by Gasteiger charge is 1.97. The topological polar surface area (TPSA) is 32.3 Å². The zero-order chi connectivity index (χ0) is 13.8. The number of hydrogen-bond acceptors (Lipinski definition) is 2. The van der Waals surface area contributed by atoms with Crippen molar-refractivity contribution in [3.05, 3.63) is 72.3 Å². The second-order valence-electron chi connectivity index (χ2n) is 4.91. The van der Waals surface area contributed by atoms with E-state index in [1.54, 1.807) is 12.1 Å². The second-order valence-corrected chi connectivity index (χ2v) is 4.91. The molecule has 0 amide bonds. The average Bonchev–Trinajstić information content (AvgIpc) is 2.49. The van der Waals surface area contributed by atoms with Gasteiger partial charge in [0.15, 0.2) is 0 Å². The zero-order valence-electron chi connectivity index (χ0n) is 11.2. The fourth-order valence-electron chi connectivity index (χ4n) is 2.31. The van der Waals surface area contributed by atoms with E-state index in [4.69, 9.17) is 0 Å². The standard InChI is InChI=1S/C18H17NO/c20-18-9-5-14(6-10-18)11-12-19-17-8-7-15-3-1-2-4-16(15)13-17/h1-10,13,19-20H,11-12H2. The van der Waals surface area contributed by atoms with Crippen molar-refractivity contribution >= 4 is 16.5 Å². The predicted molar refractivity (Wildman–Crippen MR) is 84.2 cm³/mol. The van der Waals surface area contributed by atoms with E-state index < -0.39 is 0 Å². The molecule has 0 atom stereocenters. The van der Waals surface area contributed by atoms with Crippen molar-refractivity contribution in [1.29, 1.82) is 0 Å². The molecule has 3 rings (SSSR count). The molecule has 0 spiro atoms. The quantitative estimate of drug-likeness (QED) is 0.739. The summed E-state index contributed by atoms with van der Waals surface area (Å²) in [6.07, 6.45) is 0.938. The Bertz CT molecular complexity index is 704. The minimum absolute atomic E-state index is 0.316. The molecule has 2 N–H and O–H groups in total. The number of aromatic hydroxyl groups is 1. The maximum absolute atomic E-state index is 9.25. The van der Waals surface area contributed by atoms with Gasteiger partial charge >= 0.3 is 0 Å². The van der Waals surface area contributed by atoms with Gasteiger partial charge in [-0.15, -0.1) is 0 Å². The third-order valence-electron chi connectivity index (χ3n) is 3.43. The Labute approximate surface area is 118 Å². The molecular formula is C18H17NO. The van der Waals surface area contributed by atoms with Crippen molar-refractivity contribution < 1.29 is 5.11 Å². The molecule has 0 aliphatic heterocycles. The molecule has 0 fully saturated rings. The molecule has 100 valence electrons. The van der Waals surface area contributed by atoms with Crippen LogP contribution in [0.1, 0.15) is 5.56 Å². The van der Waals surface area contributed by atoms with Crippen LogP contribution >= 0.6 is 0 Å². The minimum atomic E-state index is 0.316. The minimum Gasteiger partial charge on any atom is -0.508 e.